The highest BCUT2D eigenvalue weighted by molar-refractivity contribution is 7.86. The molecule has 0 aromatic carbocycles. The summed E-state index contributed by atoms with van der Waals surface area (Å²) in [7, 11) is -4.15. The third-order valence-electron chi connectivity index (χ3n) is 4.28. The second kappa shape index (κ2) is 2.28. The van der Waals surface area contributed by atoms with Gasteiger partial charge in [0.05, 0.1) is 0 Å². The van der Waals surface area contributed by atoms with E-state index in [0.717, 1.165) is 0 Å². The van der Waals surface area contributed by atoms with E-state index in [4.69, 9.17) is 4.55 Å². The third-order valence-corrected chi connectivity index (χ3v) is 5.73. The number of carbonyl (C=O) groups excluding carboxylic acids is 1. The Morgan fingerprint density at radius 2 is 1.87 bits per heavy atom. The zero-order chi connectivity index (χ0) is 11.9. The van der Waals surface area contributed by atoms with E-state index in [-0.39, 0.29) is 10.4 Å². The van der Waals surface area contributed by atoms with E-state index in [1.807, 2.05) is 6.92 Å². The van der Waals surface area contributed by atoms with Crippen molar-refractivity contribution in [3.05, 3.63) is 0 Å². The van der Waals surface area contributed by atoms with Gasteiger partial charge >= 0.3 is 16.0 Å². The number of hydrogen-bond donors (Lipinski definition) is 1. The summed E-state index contributed by atoms with van der Waals surface area (Å²) in [6, 6.07) is 0. The van der Waals surface area contributed by atoms with Crippen LogP contribution in [0.1, 0.15) is 34.1 Å². The van der Waals surface area contributed by atoms with Gasteiger partial charge in [0.25, 0.3) is 5.37 Å². The Hall–Kier alpha value is -0.460. The monoisotopic (exact) mass is 234 g/mol. The fraction of sp³-hybridized carbons (Fsp3) is 0.889. The van der Waals surface area contributed by atoms with Crippen LogP contribution in [0.25, 0.3) is 0 Å². The van der Waals surface area contributed by atoms with E-state index in [2.05, 4.69) is 0 Å². The fourth-order valence-electron chi connectivity index (χ4n) is 3.37. The molecule has 2 aliphatic rings. The lowest BCUT2D eigenvalue weighted by Gasteiger charge is -2.01. The van der Waals surface area contributed by atoms with E-state index in [1.165, 1.54) is 0 Å². The highest BCUT2D eigenvalue weighted by atomic mass is 32.2. The van der Waals surface area contributed by atoms with Crippen LogP contribution in [0, 0.1) is 0 Å². The first-order valence-electron chi connectivity index (χ1n) is 4.98. The van der Waals surface area contributed by atoms with Crippen molar-refractivity contribution >= 4 is 16.0 Å². The van der Waals surface area contributed by atoms with Gasteiger partial charge in [0.1, 0.15) is 0 Å². The van der Waals surface area contributed by atoms with E-state index in [1.54, 1.807) is 20.8 Å². The van der Waals surface area contributed by atoms with Gasteiger partial charge in [0, 0.05) is 13.3 Å². The average Bonchev–Trinajstić information content (AvgIpc) is 2.76. The minimum absolute atomic E-state index is 0.0716. The molecule has 1 amide bonds. The van der Waals surface area contributed by atoms with Crippen LogP contribution < -0.4 is 0 Å². The molecule has 5 nitrogen and oxygen atoms in total. The number of rotatable bonds is 2. The summed E-state index contributed by atoms with van der Waals surface area (Å²) in [5.41, 5.74) is -1.31. The van der Waals surface area contributed by atoms with Crippen molar-refractivity contribution in [3.8, 4) is 0 Å². The van der Waals surface area contributed by atoms with Gasteiger partial charge in [-0.05, 0) is 13.8 Å². The summed E-state index contributed by atoms with van der Waals surface area (Å²) in [5.74, 6) is -0.0716. The van der Waals surface area contributed by atoms with Crippen LogP contribution in [0.2, 0.25) is 0 Å². The molecule has 0 aromatic rings. The van der Waals surface area contributed by atoms with Crippen LogP contribution >= 0.6 is 0 Å². The van der Waals surface area contributed by atoms with E-state index in [0.29, 0.717) is 6.42 Å². The van der Waals surface area contributed by atoms with Crippen molar-refractivity contribution < 1.29 is 22.2 Å². The largest absolute Gasteiger partial charge is 0.377 e. The second-order valence-corrected chi connectivity index (χ2v) is 6.65. The first-order valence-corrected chi connectivity index (χ1v) is 6.49. The summed E-state index contributed by atoms with van der Waals surface area (Å²) >= 11 is 0. The first kappa shape index (κ1) is 11.0. The van der Waals surface area contributed by atoms with Crippen molar-refractivity contribution in [2.45, 2.75) is 50.6 Å². The molecular weight excluding hydrogens is 218 g/mol. The van der Waals surface area contributed by atoms with Gasteiger partial charge in [-0.1, -0.05) is 6.92 Å². The summed E-state index contributed by atoms with van der Waals surface area (Å²) in [6.07, 6.45) is 0.598. The van der Waals surface area contributed by atoms with Crippen LogP contribution in [0.5, 0.6) is 0 Å². The molecule has 3 unspecified atom stereocenters. The number of amides is 1. The minimum Gasteiger partial charge on any atom is -0.281 e. The topological polar surface area (TPSA) is 71.4 Å². The van der Waals surface area contributed by atoms with Crippen molar-refractivity contribution in [2.24, 2.45) is 0 Å². The second-order valence-electron chi connectivity index (χ2n) is 5.18. The van der Waals surface area contributed by atoms with Gasteiger partial charge in [-0.25, -0.2) is 9.28 Å². The van der Waals surface area contributed by atoms with Crippen LogP contribution in [-0.4, -0.2) is 39.8 Å². The predicted octanol–water partition coefficient (Wildman–Crippen LogP) is 0.518. The van der Waals surface area contributed by atoms with Gasteiger partial charge in [-0.3, -0.25) is 4.55 Å². The molecule has 86 valence electrons. The highest BCUT2D eigenvalue weighted by Crippen LogP contribution is 2.70. The zero-order valence-electron chi connectivity index (χ0n) is 9.31. The number of hydrogen-bond acceptors (Lipinski definition) is 3. The van der Waals surface area contributed by atoms with Crippen molar-refractivity contribution in [3.63, 3.8) is 0 Å². The molecule has 2 saturated heterocycles. The Morgan fingerprint density at radius 1 is 1.40 bits per heavy atom. The smallest absolute Gasteiger partial charge is 0.281 e. The van der Waals surface area contributed by atoms with Crippen molar-refractivity contribution in [1.29, 1.82) is 0 Å². The Morgan fingerprint density at radius 3 is 2.07 bits per heavy atom. The lowest BCUT2D eigenvalue weighted by atomic mass is 10.1. The normalized spacial score (nSPS) is 47.0. The molecule has 2 rings (SSSR count). The van der Waals surface area contributed by atoms with Gasteiger partial charge in [0.2, 0.25) is 5.54 Å². The van der Waals surface area contributed by atoms with Crippen LogP contribution in [0.3, 0.4) is 0 Å². The summed E-state index contributed by atoms with van der Waals surface area (Å²) < 4.78 is 31.4. The molecule has 1 spiro atoms. The molecular formula is C9H16NO4S+. The fourth-order valence-corrected chi connectivity index (χ4v) is 5.20. The standard InChI is InChI=1S/C9H15NO4S/c1-5-9(4)6(11)10(9)7(8(10,2)3)15(12,13)14/h7H,5H2,1-4H3/p+1. The molecule has 2 heterocycles. The molecule has 2 fully saturated rings. The van der Waals surface area contributed by atoms with Gasteiger partial charge < -0.3 is 0 Å². The quantitative estimate of drug-likeness (QED) is 0.429. The van der Waals surface area contributed by atoms with Crippen LogP contribution in [-0.2, 0) is 14.9 Å². The molecule has 0 aromatic heterocycles. The van der Waals surface area contributed by atoms with Gasteiger partial charge in [-0.15, -0.1) is 0 Å². The first-order chi connectivity index (χ1) is 6.58. The van der Waals surface area contributed by atoms with Gasteiger partial charge in [0.15, 0.2) is 5.54 Å². The lowest BCUT2D eigenvalue weighted by molar-refractivity contribution is -0.689. The van der Waals surface area contributed by atoms with E-state index < -0.39 is 26.6 Å². The van der Waals surface area contributed by atoms with Crippen molar-refractivity contribution in [1.82, 2.24) is 0 Å². The molecule has 1 N–H and O–H groups in total. The zero-order valence-corrected chi connectivity index (χ0v) is 10.1. The summed E-state index contributed by atoms with van der Waals surface area (Å²) in [6.45, 7) is 7.05. The number of nitrogens with zero attached hydrogens (tertiary/aromatic N) is 1. The van der Waals surface area contributed by atoms with Crippen LogP contribution in [0.15, 0.2) is 0 Å². The molecule has 2 aliphatic heterocycles. The molecule has 3 atom stereocenters. The predicted molar refractivity (Wildman–Crippen MR) is 53.4 cm³/mol. The molecule has 0 saturated carbocycles. The number of carbonyl (C=O) groups is 1. The maximum absolute atomic E-state index is 11.8. The molecule has 0 aliphatic carbocycles. The Bertz CT molecular complexity index is 455. The third kappa shape index (κ3) is 0.832. The Labute approximate surface area is 89.4 Å². The molecule has 15 heavy (non-hydrogen) atoms. The van der Waals surface area contributed by atoms with E-state index >= 15 is 0 Å². The van der Waals surface area contributed by atoms with Gasteiger partial charge in [-0.2, -0.15) is 8.42 Å². The molecule has 6 heteroatoms. The molecule has 0 radical (unpaired) electrons. The highest BCUT2D eigenvalue weighted by Gasteiger charge is 3.02. The van der Waals surface area contributed by atoms with Crippen molar-refractivity contribution in [2.75, 3.05) is 0 Å². The molecule has 0 bridgehead atoms. The SMILES string of the molecule is CCC1(C)C(=O)[N+]12C(S(=O)(=O)O)C2(C)C. The minimum atomic E-state index is -4.15. The lowest BCUT2D eigenvalue weighted by Crippen LogP contribution is -2.21. The van der Waals surface area contributed by atoms with E-state index in [9.17, 15) is 13.2 Å². The Kier molecular flexibility index (Phi) is 1.68. The summed E-state index contributed by atoms with van der Waals surface area (Å²) in [4.78, 5) is 11.8. The Balaban J connectivity index is 2.50. The van der Waals surface area contributed by atoms with Crippen LogP contribution in [0.4, 0.5) is 0 Å². The number of quaternary nitrogens is 1. The maximum atomic E-state index is 11.8. The maximum Gasteiger partial charge on any atom is 0.377 e. The summed E-state index contributed by atoms with van der Waals surface area (Å²) in [5, 5.41) is -0.970. The average molecular weight is 234 g/mol.